The number of ether oxygens (including phenoxy) is 3. The molecule has 0 saturated heterocycles. The molecule has 0 fully saturated rings. The molecule has 0 spiro atoms. The Kier molecular flexibility index (Phi) is 6.10. The van der Waals surface area contributed by atoms with Crippen LogP contribution >= 0.6 is 0 Å². The third kappa shape index (κ3) is 4.02. The molecule has 0 unspecified atom stereocenters. The van der Waals surface area contributed by atoms with E-state index in [4.69, 9.17) is 13.9 Å². The summed E-state index contributed by atoms with van der Waals surface area (Å²) in [4.78, 5) is 40.1. The lowest BCUT2D eigenvalue weighted by atomic mass is 9.94. The van der Waals surface area contributed by atoms with Gasteiger partial charge in [0.15, 0.2) is 11.4 Å². The number of amides is 2. The maximum Gasteiger partial charge on any atom is 0.408 e. The lowest BCUT2D eigenvalue weighted by Crippen LogP contribution is -2.58. The molecule has 1 N–H and O–H groups in total. The molecule has 9 nitrogen and oxygen atoms in total. The third-order valence-corrected chi connectivity index (χ3v) is 5.97. The predicted molar refractivity (Wildman–Crippen MR) is 118 cm³/mol. The summed E-state index contributed by atoms with van der Waals surface area (Å²) in [6.07, 6.45) is -1.04. The first-order valence-electron chi connectivity index (χ1n) is 10.4. The minimum Gasteiger partial charge on any atom is -0.497 e. The van der Waals surface area contributed by atoms with Crippen molar-refractivity contribution >= 4 is 28.9 Å². The van der Waals surface area contributed by atoms with Crippen LogP contribution in [0.15, 0.2) is 34.7 Å². The fourth-order valence-electron chi connectivity index (χ4n) is 4.23. The van der Waals surface area contributed by atoms with Crippen LogP contribution in [0.25, 0.3) is 11.0 Å². The van der Waals surface area contributed by atoms with E-state index in [1.807, 2.05) is 6.92 Å². The summed E-state index contributed by atoms with van der Waals surface area (Å²) in [5.41, 5.74) is -0.597. The number of nitrogens with one attached hydrogen (secondary N) is 1. The number of hydrogen-bond donors (Lipinski definition) is 1. The van der Waals surface area contributed by atoms with Crippen molar-refractivity contribution in [2.75, 3.05) is 27.9 Å². The lowest BCUT2D eigenvalue weighted by Gasteiger charge is -2.33. The number of rotatable bonds is 6. The zero-order valence-electron chi connectivity index (χ0n) is 19.4. The molecule has 1 aliphatic heterocycles. The van der Waals surface area contributed by atoms with Gasteiger partial charge < -0.3 is 23.5 Å². The second-order valence-corrected chi connectivity index (χ2v) is 8.06. The Morgan fingerprint density at radius 1 is 1.11 bits per heavy atom. The highest BCUT2D eigenvalue weighted by Gasteiger charge is 2.50. The summed E-state index contributed by atoms with van der Waals surface area (Å²) in [7, 11) is 3.64. The number of halogens is 2. The van der Waals surface area contributed by atoms with Crippen LogP contribution in [0.3, 0.4) is 0 Å². The van der Waals surface area contributed by atoms with E-state index in [1.165, 1.54) is 18.1 Å². The molecule has 2 amide bonds. The van der Waals surface area contributed by atoms with Crippen LogP contribution in [-0.4, -0.2) is 50.7 Å². The fraction of sp³-hybridized carbons (Fsp3) is 0.292. The van der Waals surface area contributed by atoms with Gasteiger partial charge in [-0.05, 0) is 42.3 Å². The van der Waals surface area contributed by atoms with E-state index in [2.05, 4.69) is 10.1 Å². The van der Waals surface area contributed by atoms with Crippen LogP contribution in [0.1, 0.15) is 27.2 Å². The Hall–Kier alpha value is -4.15. The number of carbonyl (C=O) groups is 3. The van der Waals surface area contributed by atoms with Gasteiger partial charge in [0.2, 0.25) is 5.54 Å². The number of fused-ring (bicyclic) bond motifs is 2. The Balaban J connectivity index is 1.85. The zero-order chi connectivity index (χ0) is 25.5. The van der Waals surface area contributed by atoms with Gasteiger partial charge in [-0.3, -0.25) is 10.1 Å². The average molecular weight is 488 g/mol. The van der Waals surface area contributed by atoms with Crippen molar-refractivity contribution in [2.24, 2.45) is 0 Å². The van der Waals surface area contributed by atoms with Gasteiger partial charge in [0.05, 0.1) is 27.9 Å². The number of esters is 1. The smallest absolute Gasteiger partial charge is 0.408 e. The SMILES string of the molecule is COC(=O)N[C@](CN1Cc2c(C)cc(OC)cc2C1=O)(C(=O)OC)c1cc2cc(F)cc(F)c2o1. The molecule has 0 radical (unpaired) electrons. The van der Waals surface area contributed by atoms with E-state index in [-0.39, 0.29) is 23.3 Å². The van der Waals surface area contributed by atoms with Crippen molar-refractivity contribution in [3.63, 3.8) is 0 Å². The van der Waals surface area contributed by atoms with E-state index in [9.17, 15) is 23.2 Å². The second-order valence-electron chi connectivity index (χ2n) is 8.06. The number of furan rings is 1. The molecule has 184 valence electrons. The number of benzene rings is 2. The van der Waals surface area contributed by atoms with Crippen molar-refractivity contribution in [2.45, 2.75) is 19.0 Å². The first-order valence-corrected chi connectivity index (χ1v) is 10.4. The molecule has 3 aromatic rings. The van der Waals surface area contributed by atoms with Gasteiger partial charge in [-0.25, -0.2) is 18.4 Å². The van der Waals surface area contributed by atoms with Gasteiger partial charge in [-0.2, -0.15) is 0 Å². The number of carbonyl (C=O) groups excluding carboxylic acids is 3. The van der Waals surface area contributed by atoms with Crippen molar-refractivity contribution in [1.29, 1.82) is 0 Å². The summed E-state index contributed by atoms with van der Waals surface area (Å²) >= 11 is 0. The van der Waals surface area contributed by atoms with Gasteiger partial charge >= 0.3 is 12.1 Å². The highest BCUT2D eigenvalue weighted by atomic mass is 19.1. The van der Waals surface area contributed by atoms with Crippen LogP contribution in [0, 0.1) is 18.6 Å². The summed E-state index contributed by atoms with van der Waals surface area (Å²) in [6.45, 7) is 1.47. The molecule has 1 aliphatic rings. The van der Waals surface area contributed by atoms with Gasteiger partial charge in [0.1, 0.15) is 17.3 Å². The molecule has 0 bridgehead atoms. The number of aryl methyl sites for hydroxylation is 1. The first-order chi connectivity index (χ1) is 16.6. The van der Waals surface area contributed by atoms with Crippen molar-refractivity contribution in [1.82, 2.24) is 10.2 Å². The zero-order valence-corrected chi connectivity index (χ0v) is 19.4. The van der Waals surface area contributed by atoms with E-state index < -0.39 is 41.7 Å². The minimum atomic E-state index is -2.14. The highest BCUT2D eigenvalue weighted by molar-refractivity contribution is 6.00. The van der Waals surface area contributed by atoms with Gasteiger partial charge in [0.25, 0.3) is 5.91 Å². The molecule has 0 saturated carbocycles. The Morgan fingerprint density at radius 3 is 2.51 bits per heavy atom. The van der Waals surface area contributed by atoms with Gasteiger partial charge in [-0.15, -0.1) is 0 Å². The molecule has 1 aromatic heterocycles. The third-order valence-electron chi connectivity index (χ3n) is 5.97. The van der Waals surface area contributed by atoms with Crippen LogP contribution in [0.2, 0.25) is 0 Å². The topological polar surface area (TPSA) is 107 Å². The van der Waals surface area contributed by atoms with Crippen LogP contribution in [0.4, 0.5) is 13.6 Å². The molecular weight excluding hydrogens is 466 g/mol. The minimum absolute atomic E-state index is 0.00839. The molecule has 4 rings (SSSR count). The van der Waals surface area contributed by atoms with Crippen molar-refractivity contribution in [3.8, 4) is 5.75 Å². The number of hydrogen-bond acceptors (Lipinski definition) is 7. The monoisotopic (exact) mass is 488 g/mol. The largest absolute Gasteiger partial charge is 0.497 e. The Morgan fingerprint density at radius 2 is 1.86 bits per heavy atom. The maximum absolute atomic E-state index is 14.4. The summed E-state index contributed by atoms with van der Waals surface area (Å²) < 4.78 is 48.7. The Labute approximate surface area is 198 Å². The van der Waals surface area contributed by atoms with E-state index >= 15 is 0 Å². The second kappa shape index (κ2) is 8.90. The maximum atomic E-state index is 14.4. The van der Waals surface area contributed by atoms with Crippen LogP contribution in [-0.2, 0) is 26.4 Å². The number of nitrogens with zero attached hydrogens (tertiary/aromatic N) is 1. The first kappa shape index (κ1) is 24.0. The summed E-state index contributed by atoms with van der Waals surface area (Å²) in [6, 6.07) is 6.19. The summed E-state index contributed by atoms with van der Waals surface area (Å²) in [5, 5.41) is 2.40. The lowest BCUT2D eigenvalue weighted by molar-refractivity contribution is -0.150. The van der Waals surface area contributed by atoms with E-state index in [1.54, 1.807) is 12.1 Å². The molecule has 11 heteroatoms. The molecule has 2 aromatic carbocycles. The average Bonchev–Trinajstić information content (AvgIpc) is 3.40. The molecule has 2 heterocycles. The van der Waals surface area contributed by atoms with E-state index in [0.29, 0.717) is 22.9 Å². The molecule has 1 atom stereocenters. The molecule has 0 aliphatic carbocycles. The number of methoxy groups -OCH3 is 3. The fourth-order valence-corrected chi connectivity index (χ4v) is 4.23. The van der Waals surface area contributed by atoms with Crippen molar-refractivity contribution in [3.05, 3.63) is 64.4 Å². The Bertz CT molecular complexity index is 1350. The molecule has 35 heavy (non-hydrogen) atoms. The summed E-state index contributed by atoms with van der Waals surface area (Å²) in [5.74, 6) is -3.10. The highest BCUT2D eigenvalue weighted by Crippen LogP contribution is 2.36. The van der Waals surface area contributed by atoms with Crippen LogP contribution < -0.4 is 10.1 Å². The standard InChI is InChI=1S/C24H22F2N2O7/c1-12-5-15(32-2)9-16-17(12)10-28(21(16)29)11-24(22(30)33-3,27-23(31)34-4)19-7-13-6-14(25)8-18(26)20(13)35-19/h5-9H,10-11H2,1-4H3,(H,27,31)/t24-/m0/s1. The van der Waals surface area contributed by atoms with Gasteiger partial charge in [-0.1, -0.05) is 0 Å². The van der Waals surface area contributed by atoms with Crippen molar-refractivity contribution < 1.29 is 41.8 Å². The van der Waals surface area contributed by atoms with Gasteiger partial charge in [0, 0.05) is 23.6 Å². The quantitative estimate of drug-likeness (QED) is 0.530. The predicted octanol–water partition coefficient (Wildman–Crippen LogP) is 3.41. The van der Waals surface area contributed by atoms with Crippen LogP contribution in [0.5, 0.6) is 5.75 Å². The molecular formula is C24H22F2N2O7. The normalized spacial score (nSPS) is 14.5. The number of alkyl carbamates (subject to hydrolysis) is 1. The van der Waals surface area contributed by atoms with E-state index in [0.717, 1.165) is 25.8 Å².